The van der Waals surface area contributed by atoms with Gasteiger partial charge in [-0.25, -0.2) is 0 Å². The summed E-state index contributed by atoms with van der Waals surface area (Å²) < 4.78 is 0. The first-order valence-corrected chi connectivity index (χ1v) is 12.4. The van der Waals surface area contributed by atoms with Crippen LogP contribution < -0.4 is 0 Å². The summed E-state index contributed by atoms with van der Waals surface area (Å²) in [4.78, 5) is 20.8. The van der Waals surface area contributed by atoms with Crippen molar-refractivity contribution in [2.24, 2.45) is 5.92 Å². The molecule has 3 fully saturated rings. The highest BCUT2D eigenvalue weighted by Crippen LogP contribution is 2.42. The van der Waals surface area contributed by atoms with E-state index in [-0.39, 0.29) is 6.04 Å². The lowest BCUT2D eigenvalue weighted by Crippen LogP contribution is -2.52. The summed E-state index contributed by atoms with van der Waals surface area (Å²) in [5.74, 6) is 1.29. The number of benzene rings is 1. The Labute approximate surface area is 188 Å². The Morgan fingerprint density at radius 3 is 2.48 bits per heavy atom. The summed E-state index contributed by atoms with van der Waals surface area (Å²) in [5, 5.41) is 10.6. The van der Waals surface area contributed by atoms with E-state index in [1.54, 1.807) is 0 Å². The van der Waals surface area contributed by atoms with E-state index in [4.69, 9.17) is 0 Å². The zero-order valence-electron chi connectivity index (χ0n) is 19.9. The topological polar surface area (TPSA) is 47.0 Å². The van der Waals surface area contributed by atoms with Crippen LogP contribution in [0.5, 0.6) is 5.75 Å². The molecule has 2 saturated heterocycles. The van der Waals surface area contributed by atoms with Gasteiger partial charge in [0.2, 0.25) is 5.91 Å². The summed E-state index contributed by atoms with van der Waals surface area (Å²) in [6.07, 6.45) is 8.09. The zero-order chi connectivity index (χ0) is 22.1. The lowest BCUT2D eigenvalue weighted by molar-refractivity contribution is -0.138. The molecule has 1 N–H and O–H groups in total. The summed E-state index contributed by atoms with van der Waals surface area (Å²) in [7, 11) is 2.03. The van der Waals surface area contributed by atoms with Gasteiger partial charge in [0, 0.05) is 44.3 Å². The van der Waals surface area contributed by atoms with E-state index < -0.39 is 0 Å². The highest BCUT2D eigenvalue weighted by Gasteiger charge is 2.46. The third-order valence-corrected chi connectivity index (χ3v) is 8.45. The minimum Gasteiger partial charge on any atom is -0.508 e. The first kappa shape index (κ1) is 22.6. The van der Waals surface area contributed by atoms with Crippen LogP contribution in [0, 0.1) is 19.8 Å². The number of phenolic OH excluding ortho intramolecular Hbond substituents is 1. The molecule has 3 atom stereocenters. The van der Waals surface area contributed by atoms with Gasteiger partial charge in [0.25, 0.3) is 0 Å². The Morgan fingerprint density at radius 2 is 1.77 bits per heavy atom. The van der Waals surface area contributed by atoms with Gasteiger partial charge in [-0.2, -0.15) is 0 Å². The van der Waals surface area contributed by atoms with Crippen molar-refractivity contribution >= 4 is 5.91 Å². The quantitative estimate of drug-likeness (QED) is 0.769. The first-order chi connectivity index (χ1) is 14.9. The Balaban J connectivity index is 1.53. The molecular weight excluding hydrogens is 386 g/mol. The summed E-state index contributed by atoms with van der Waals surface area (Å²) in [5.41, 5.74) is 3.28. The standard InChI is InChI=1S/C26H41N3O2/c1-5-28-12-10-22(11-13-28)27(4)26(31)24-16-20-8-6-7-9-23(20)29(24)17-21-14-18(2)19(3)15-25(21)30/h14-15,20,22-24,30H,5-13,16-17H2,1-4H3/t20-,23+,24+/m1/s1. The second-order valence-electron chi connectivity index (χ2n) is 10.2. The number of rotatable bonds is 5. The maximum absolute atomic E-state index is 13.8. The number of likely N-dealkylation sites (tertiary alicyclic amines) is 2. The Kier molecular flexibility index (Phi) is 6.92. The lowest BCUT2D eigenvalue weighted by atomic mass is 9.84. The fourth-order valence-electron chi connectivity index (χ4n) is 6.24. The molecule has 5 heteroatoms. The van der Waals surface area contributed by atoms with Crippen molar-refractivity contribution in [3.05, 3.63) is 28.8 Å². The molecular formula is C26H41N3O2. The van der Waals surface area contributed by atoms with E-state index in [1.807, 2.05) is 20.0 Å². The summed E-state index contributed by atoms with van der Waals surface area (Å²) >= 11 is 0. The van der Waals surface area contributed by atoms with Gasteiger partial charge >= 0.3 is 0 Å². The van der Waals surface area contributed by atoms with Crippen LogP contribution in [0.3, 0.4) is 0 Å². The first-order valence-electron chi connectivity index (χ1n) is 12.4. The number of fused-ring (bicyclic) bond motifs is 1. The van der Waals surface area contributed by atoms with Gasteiger partial charge in [0.1, 0.15) is 5.75 Å². The van der Waals surface area contributed by atoms with Gasteiger partial charge in [0.05, 0.1) is 6.04 Å². The highest BCUT2D eigenvalue weighted by molar-refractivity contribution is 5.82. The number of aromatic hydroxyl groups is 1. The smallest absolute Gasteiger partial charge is 0.239 e. The maximum atomic E-state index is 13.8. The largest absolute Gasteiger partial charge is 0.508 e. The number of hydrogen-bond acceptors (Lipinski definition) is 4. The van der Waals surface area contributed by atoms with Gasteiger partial charge in [-0.05, 0) is 75.6 Å². The minimum atomic E-state index is -0.0525. The molecule has 0 bridgehead atoms. The normalized spacial score (nSPS) is 27.9. The maximum Gasteiger partial charge on any atom is 0.239 e. The van der Waals surface area contributed by atoms with Crippen LogP contribution >= 0.6 is 0 Å². The molecule has 1 amide bonds. The molecule has 1 aromatic carbocycles. The molecule has 31 heavy (non-hydrogen) atoms. The van der Waals surface area contributed by atoms with Crippen LogP contribution in [-0.4, -0.2) is 70.5 Å². The minimum absolute atomic E-state index is 0.0525. The SMILES string of the molecule is CCN1CCC(N(C)C(=O)[C@@H]2C[C@H]3CCCC[C@@H]3N2Cc2cc(C)c(C)cc2O)CC1. The van der Waals surface area contributed by atoms with Crippen molar-refractivity contribution in [1.29, 1.82) is 0 Å². The van der Waals surface area contributed by atoms with Gasteiger partial charge in [-0.3, -0.25) is 9.69 Å². The molecule has 0 aromatic heterocycles. The second kappa shape index (κ2) is 9.50. The van der Waals surface area contributed by atoms with E-state index in [9.17, 15) is 9.90 Å². The van der Waals surface area contributed by atoms with Gasteiger partial charge in [-0.1, -0.05) is 25.8 Å². The third kappa shape index (κ3) is 4.63. The molecule has 0 unspecified atom stereocenters. The molecule has 1 aliphatic carbocycles. The zero-order valence-corrected chi connectivity index (χ0v) is 19.9. The van der Waals surface area contributed by atoms with Crippen LogP contribution in [0.2, 0.25) is 0 Å². The molecule has 2 heterocycles. The fraction of sp³-hybridized carbons (Fsp3) is 0.731. The van der Waals surface area contributed by atoms with Crippen LogP contribution in [0.25, 0.3) is 0 Å². The number of carbonyl (C=O) groups is 1. The van der Waals surface area contributed by atoms with Crippen LogP contribution in [-0.2, 0) is 11.3 Å². The van der Waals surface area contributed by atoms with Crippen LogP contribution in [0.1, 0.15) is 68.6 Å². The predicted molar refractivity (Wildman–Crippen MR) is 125 cm³/mol. The molecule has 0 radical (unpaired) electrons. The van der Waals surface area contributed by atoms with Crippen molar-refractivity contribution in [3.63, 3.8) is 0 Å². The number of hydrogen-bond donors (Lipinski definition) is 1. The Bertz CT molecular complexity index is 787. The summed E-state index contributed by atoms with van der Waals surface area (Å²) in [6, 6.07) is 4.77. The molecule has 0 spiro atoms. The van der Waals surface area contributed by atoms with Gasteiger partial charge in [-0.15, -0.1) is 0 Å². The Morgan fingerprint density at radius 1 is 1.10 bits per heavy atom. The van der Waals surface area contributed by atoms with Crippen molar-refractivity contribution in [3.8, 4) is 5.75 Å². The second-order valence-corrected chi connectivity index (χ2v) is 10.2. The van der Waals surface area contributed by atoms with Crippen LogP contribution in [0.15, 0.2) is 12.1 Å². The number of aryl methyl sites for hydroxylation is 2. The van der Waals surface area contributed by atoms with E-state index in [2.05, 4.69) is 34.6 Å². The van der Waals surface area contributed by atoms with Crippen molar-refractivity contribution in [1.82, 2.24) is 14.7 Å². The average molecular weight is 428 g/mol. The molecule has 5 nitrogen and oxygen atoms in total. The summed E-state index contributed by atoms with van der Waals surface area (Å²) in [6.45, 7) is 10.3. The lowest BCUT2D eigenvalue weighted by Gasteiger charge is -2.39. The number of piperidine rings is 1. The number of carbonyl (C=O) groups excluding carboxylic acids is 1. The average Bonchev–Trinajstić information content (AvgIpc) is 3.15. The van der Waals surface area contributed by atoms with E-state index >= 15 is 0 Å². The predicted octanol–water partition coefficient (Wildman–Crippen LogP) is 4.08. The van der Waals surface area contributed by atoms with Crippen LogP contribution in [0.4, 0.5) is 0 Å². The van der Waals surface area contributed by atoms with Gasteiger partial charge < -0.3 is 14.9 Å². The fourth-order valence-corrected chi connectivity index (χ4v) is 6.24. The number of phenols is 1. The van der Waals surface area contributed by atoms with Crippen molar-refractivity contribution in [2.45, 2.75) is 90.4 Å². The van der Waals surface area contributed by atoms with Gasteiger partial charge in [0.15, 0.2) is 0 Å². The highest BCUT2D eigenvalue weighted by atomic mass is 16.3. The molecule has 1 saturated carbocycles. The molecule has 4 rings (SSSR count). The van der Waals surface area contributed by atoms with E-state index in [1.165, 1.54) is 31.2 Å². The number of amides is 1. The molecule has 2 aliphatic heterocycles. The van der Waals surface area contributed by atoms with Crippen molar-refractivity contribution < 1.29 is 9.90 Å². The Hall–Kier alpha value is -1.59. The number of nitrogens with zero attached hydrogens (tertiary/aromatic N) is 3. The third-order valence-electron chi connectivity index (χ3n) is 8.45. The molecule has 1 aromatic rings. The monoisotopic (exact) mass is 427 g/mol. The number of likely N-dealkylation sites (N-methyl/N-ethyl adjacent to an activating group) is 1. The van der Waals surface area contributed by atoms with Crippen molar-refractivity contribution in [2.75, 3.05) is 26.7 Å². The van der Waals surface area contributed by atoms with E-state index in [0.29, 0.717) is 36.2 Å². The molecule has 3 aliphatic rings. The van der Waals surface area contributed by atoms with E-state index in [0.717, 1.165) is 50.0 Å². The molecule has 172 valence electrons.